The highest BCUT2D eigenvalue weighted by Crippen LogP contribution is 2.18. The van der Waals surface area contributed by atoms with E-state index in [-0.39, 0.29) is 18.9 Å². The van der Waals surface area contributed by atoms with E-state index in [0.29, 0.717) is 6.42 Å². The predicted octanol–water partition coefficient (Wildman–Crippen LogP) is 15.9. The van der Waals surface area contributed by atoms with Gasteiger partial charge in [0.2, 0.25) is 5.91 Å². The van der Waals surface area contributed by atoms with Crippen molar-refractivity contribution in [3.05, 3.63) is 12.2 Å². The zero-order valence-electron chi connectivity index (χ0n) is 39.5. The number of amides is 1. The Morgan fingerprint density at radius 2 is 0.707 bits per heavy atom. The third kappa shape index (κ3) is 44.6. The summed E-state index contributed by atoms with van der Waals surface area (Å²) < 4.78 is 0. The van der Waals surface area contributed by atoms with E-state index >= 15 is 0 Å². The standard InChI is InChI=1S/C53H105NO4/c1-3-5-7-9-11-13-15-17-19-21-23-24-25-26-27-28-29-31-33-35-37-39-41-43-45-47-52(57)51(49-55)54-53(58)48-50(56)46-44-42-40-38-36-34-32-30-22-20-18-16-14-12-10-8-6-4-2/h45,47,50-52,55-57H,3-44,46,48-49H2,1-2H3,(H,54,58)/b47-45+. The van der Waals surface area contributed by atoms with Crippen molar-refractivity contribution in [1.82, 2.24) is 5.32 Å². The summed E-state index contributed by atoms with van der Waals surface area (Å²) in [6, 6.07) is -0.740. The summed E-state index contributed by atoms with van der Waals surface area (Å²) in [6.07, 6.45) is 59.6. The first kappa shape index (κ1) is 57.1. The number of rotatable bonds is 49. The molecule has 3 atom stereocenters. The molecule has 0 spiro atoms. The molecule has 0 fully saturated rings. The van der Waals surface area contributed by atoms with Gasteiger partial charge in [-0.25, -0.2) is 0 Å². The maximum Gasteiger partial charge on any atom is 0.222 e. The largest absolute Gasteiger partial charge is 0.394 e. The molecule has 346 valence electrons. The molecule has 0 aliphatic heterocycles. The van der Waals surface area contributed by atoms with Crippen LogP contribution in [0.3, 0.4) is 0 Å². The molecule has 0 aliphatic carbocycles. The molecule has 0 heterocycles. The van der Waals surface area contributed by atoms with Crippen molar-refractivity contribution in [3.63, 3.8) is 0 Å². The highest BCUT2D eigenvalue weighted by molar-refractivity contribution is 5.76. The van der Waals surface area contributed by atoms with Crippen LogP contribution in [0.2, 0.25) is 0 Å². The van der Waals surface area contributed by atoms with Crippen molar-refractivity contribution in [2.75, 3.05) is 6.61 Å². The summed E-state index contributed by atoms with van der Waals surface area (Å²) in [4.78, 5) is 12.5. The van der Waals surface area contributed by atoms with Crippen LogP contribution in [0, 0.1) is 0 Å². The fourth-order valence-electron chi connectivity index (χ4n) is 8.52. The van der Waals surface area contributed by atoms with E-state index in [4.69, 9.17) is 0 Å². The van der Waals surface area contributed by atoms with Crippen LogP contribution in [-0.2, 0) is 4.79 Å². The van der Waals surface area contributed by atoms with Crippen molar-refractivity contribution < 1.29 is 20.1 Å². The van der Waals surface area contributed by atoms with Crippen LogP contribution in [0.25, 0.3) is 0 Å². The van der Waals surface area contributed by atoms with Gasteiger partial charge in [-0.2, -0.15) is 0 Å². The van der Waals surface area contributed by atoms with Crippen LogP contribution in [0.5, 0.6) is 0 Å². The van der Waals surface area contributed by atoms with Crippen molar-refractivity contribution in [2.45, 2.75) is 315 Å². The minimum atomic E-state index is -0.925. The maximum absolute atomic E-state index is 12.5. The molecule has 0 aromatic rings. The topological polar surface area (TPSA) is 89.8 Å². The van der Waals surface area contributed by atoms with Gasteiger partial charge in [0, 0.05) is 0 Å². The Morgan fingerprint density at radius 3 is 1.00 bits per heavy atom. The Hall–Kier alpha value is -0.910. The molecule has 0 saturated heterocycles. The lowest BCUT2D eigenvalue weighted by molar-refractivity contribution is -0.124. The fourth-order valence-corrected chi connectivity index (χ4v) is 8.52. The molecule has 1 amide bonds. The number of nitrogens with one attached hydrogen (secondary N) is 1. The molecular formula is C53H105NO4. The monoisotopic (exact) mass is 820 g/mol. The second-order valence-electron chi connectivity index (χ2n) is 18.5. The number of carbonyl (C=O) groups excluding carboxylic acids is 1. The molecule has 0 bridgehead atoms. The highest BCUT2D eigenvalue weighted by atomic mass is 16.3. The smallest absolute Gasteiger partial charge is 0.222 e. The minimum Gasteiger partial charge on any atom is -0.394 e. The van der Waals surface area contributed by atoms with E-state index in [1.165, 1.54) is 244 Å². The highest BCUT2D eigenvalue weighted by Gasteiger charge is 2.20. The van der Waals surface area contributed by atoms with Gasteiger partial charge in [0.05, 0.1) is 31.3 Å². The van der Waals surface area contributed by atoms with Gasteiger partial charge in [-0.3, -0.25) is 4.79 Å². The molecule has 0 aliphatic rings. The lowest BCUT2D eigenvalue weighted by atomic mass is 10.0. The Labute approximate surface area is 363 Å². The molecule has 0 saturated carbocycles. The van der Waals surface area contributed by atoms with Gasteiger partial charge in [-0.1, -0.05) is 283 Å². The molecule has 4 N–H and O–H groups in total. The number of unbranched alkanes of at least 4 members (excludes halogenated alkanes) is 40. The van der Waals surface area contributed by atoms with Crippen molar-refractivity contribution in [3.8, 4) is 0 Å². The second kappa shape index (κ2) is 48.8. The first-order valence-corrected chi connectivity index (χ1v) is 26.5. The molecule has 5 nitrogen and oxygen atoms in total. The van der Waals surface area contributed by atoms with Gasteiger partial charge in [0.15, 0.2) is 0 Å². The van der Waals surface area contributed by atoms with Gasteiger partial charge in [-0.05, 0) is 19.3 Å². The molecule has 0 radical (unpaired) electrons. The van der Waals surface area contributed by atoms with Crippen molar-refractivity contribution in [2.24, 2.45) is 0 Å². The molecule has 0 aromatic heterocycles. The van der Waals surface area contributed by atoms with Gasteiger partial charge in [-0.15, -0.1) is 0 Å². The average molecular weight is 820 g/mol. The summed E-state index contributed by atoms with van der Waals surface area (Å²) in [6.45, 7) is 4.25. The molecule has 0 aromatic carbocycles. The summed E-state index contributed by atoms with van der Waals surface area (Å²) in [5, 5.41) is 33.4. The summed E-state index contributed by atoms with van der Waals surface area (Å²) in [7, 11) is 0. The van der Waals surface area contributed by atoms with Crippen LogP contribution in [0.1, 0.15) is 296 Å². The van der Waals surface area contributed by atoms with E-state index in [1.807, 2.05) is 6.08 Å². The first-order chi connectivity index (χ1) is 28.5. The third-order valence-electron chi connectivity index (χ3n) is 12.6. The molecule has 3 unspecified atom stereocenters. The minimum absolute atomic E-state index is 0.0192. The van der Waals surface area contributed by atoms with E-state index in [9.17, 15) is 20.1 Å². The second-order valence-corrected chi connectivity index (χ2v) is 18.5. The Morgan fingerprint density at radius 1 is 0.431 bits per heavy atom. The quantitative estimate of drug-likeness (QED) is 0.0364. The molecular weight excluding hydrogens is 715 g/mol. The average Bonchev–Trinajstić information content (AvgIpc) is 3.22. The first-order valence-electron chi connectivity index (χ1n) is 26.5. The van der Waals surface area contributed by atoms with Crippen LogP contribution >= 0.6 is 0 Å². The van der Waals surface area contributed by atoms with Gasteiger partial charge in [0.25, 0.3) is 0 Å². The van der Waals surface area contributed by atoms with Crippen LogP contribution in [0.4, 0.5) is 0 Å². The van der Waals surface area contributed by atoms with Crippen molar-refractivity contribution in [1.29, 1.82) is 0 Å². The normalized spacial score (nSPS) is 13.4. The number of allylic oxidation sites excluding steroid dienone is 1. The zero-order valence-corrected chi connectivity index (χ0v) is 39.5. The van der Waals surface area contributed by atoms with Gasteiger partial charge >= 0.3 is 0 Å². The van der Waals surface area contributed by atoms with E-state index < -0.39 is 18.2 Å². The number of aliphatic hydroxyl groups excluding tert-OH is 3. The lowest BCUT2D eigenvalue weighted by Gasteiger charge is -2.21. The molecule has 58 heavy (non-hydrogen) atoms. The molecule has 5 heteroatoms. The molecule has 0 rings (SSSR count). The van der Waals surface area contributed by atoms with E-state index in [2.05, 4.69) is 19.2 Å². The summed E-state index contributed by atoms with van der Waals surface area (Å²) in [5.74, 6) is -0.309. The van der Waals surface area contributed by atoms with Crippen molar-refractivity contribution >= 4 is 5.91 Å². The number of carbonyl (C=O) groups is 1. The third-order valence-corrected chi connectivity index (χ3v) is 12.6. The number of aliphatic hydroxyl groups is 3. The van der Waals surface area contributed by atoms with Gasteiger partial charge < -0.3 is 20.6 Å². The van der Waals surface area contributed by atoms with E-state index in [0.717, 1.165) is 25.7 Å². The SMILES string of the molecule is CCCCCCCCCCCCCCCCCCCCCCCCC/C=C/C(O)C(CO)NC(=O)CC(O)CCCCCCCCCCCCCCCCCCCC. The maximum atomic E-state index is 12.5. The fraction of sp³-hybridized carbons (Fsp3) is 0.943. The summed E-state index contributed by atoms with van der Waals surface area (Å²) >= 11 is 0. The van der Waals surface area contributed by atoms with Crippen LogP contribution in [-0.4, -0.2) is 46.1 Å². The van der Waals surface area contributed by atoms with Crippen LogP contribution < -0.4 is 5.32 Å². The number of hydrogen-bond acceptors (Lipinski definition) is 4. The summed E-state index contributed by atoms with van der Waals surface area (Å²) in [5.41, 5.74) is 0. The lowest BCUT2D eigenvalue weighted by Crippen LogP contribution is -2.45. The van der Waals surface area contributed by atoms with Crippen LogP contribution in [0.15, 0.2) is 12.2 Å². The Bertz CT molecular complexity index is 818. The number of hydrogen-bond donors (Lipinski definition) is 4. The van der Waals surface area contributed by atoms with E-state index in [1.54, 1.807) is 6.08 Å². The Balaban J connectivity index is 3.56. The van der Waals surface area contributed by atoms with Gasteiger partial charge in [0.1, 0.15) is 0 Å². The Kier molecular flexibility index (Phi) is 48.0. The zero-order chi connectivity index (χ0) is 42.3. The predicted molar refractivity (Wildman–Crippen MR) is 255 cm³/mol.